The van der Waals surface area contributed by atoms with Crippen LogP contribution in [0.25, 0.3) is 6.08 Å². The molecule has 9 heteroatoms. The Balaban J connectivity index is 1.52. The molecule has 0 bridgehead atoms. The van der Waals surface area contributed by atoms with Gasteiger partial charge < -0.3 is 9.64 Å². The van der Waals surface area contributed by atoms with Crippen molar-refractivity contribution in [3.8, 4) is 0 Å². The fourth-order valence-corrected chi connectivity index (χ4v) is 6.13. The molecule has 1 heterocycles. The first-order valence-corrected chi connectivity index (χ1v) is 14.2. The number of benzene rings is 1. The van der Waals surface area contributed by atoms with Crippen molar-refractivity contribution in [2.24, 2.45) is 11.8 Å². The number of halogens is 4. The van der Waals surface area contributed by atoms with E-state index in [-0.39, 0.29) is 24.1 Å². The summed E-state index contributed by atoms with van der Waals surface area (Å²) in [6.07, 6.45) is 15.7. The summed E-state index contributed by atoms with van der Waals surface area (Å²) in [5, 5.41) is 0. The molecule has 40 heavy (non-hydrogen) atoms. The van der Waals surface area contributed by atoms with E-state index in [0.29, 0.717) is 12.5 Å². The Bertz CT molecular complexity index is 1090. The monoisotopic (exact) mass is 564 g/mol. The first-order valence-electron chi connectivity index (χ1n) is 14.2. The molecule has 1 aliphatic heterocycles. The molecular weight excluding hydrogens is 524 g/mol. The maximum atomic E-state index is 14.3. The molecule has 0 radical (unpaired) electrons. The molecule has 4 rings (SSSR count). The highest BCUT2D eigenvalue weighted by molar-refractivity contribution is 5.83. The number of carbonyl (C=O) groups is 1. The third-order valence-electron chi connectivity index (χ3n) is 8.21. The van der Waals surface area contributed by atoms with Gasteiger partial charge in [-0.2, -0.15) is 8.78 Å². The number of alkyl halides is 2. The summed E-state index contributed by atoms with van der Waals surface area (Å²) in [5.41, 5.74) is 0.990. The van der Waals surface area contributed by atoms with Crippen molar-refractivity contribution in [3.05, 3.63) is 65.3 Å². The molecular formula is C31H40F4N2O3. The molecule has 3 aliphatic rings. The minimum Gasteiger partial charge on any atom is -0.346 e. The summed E-state index contributed by atoms with van der Waals surface area (Å²) in [5.74, 6) is -3.24. The molecule has 0 aromatic heterocycles. The Labute approximate surface area is 234 Å². The minimum atomic E-state index is -3.05. The highest BCUT2D eigenvalue weighted by Gasteiger charge is 2.35. The van der Waals surface area contributed by atoms with Gasteiger partial charge in [0.2, 0.25) is 11.7 Å². The van der Waals surface area contributed by atoms with E-state index >= 15 is 0 Å². The van der Waals surface area contributed by atoms with Crippen LogP contribution >= 0.6 is 0 Å². The molecule has 2 fully saturated rings. The molecule has 1 atom stereocenters. The number of hydrogen-bond acceptors (Lipinski definition) is 4. The highest BCUT2D eigenvalue weighted by Crippen LogP contribution is 2.30. The topological polar surface area (TPSA) is 42.0 Å². The smallest absolute Gasteiger partial charge is 0.346 e. The first kappa shape index (κ1) is 30.5. The number of carbonyl (C=O) groups excluding carboxylic acids is 1. The molecule has 220 valence electrons. The molecule has 0 spiro atoms. The van der Waals surface area contributed by atoms with Crippen molar-refractivity contribution in [3.63, 3.8) is 0 Å². The van der Waals surface area contributed by atoms with Crippen molar-refractivity contribution in [1.82, 2.24) is 9.80 Å². The second-order valence-corrected chi connectivity index (χ2v) is 11.2. The number of hydrogen-bond donors (Lipinski definition) is 0. The molecule has 1 amide bonds. The van der Waals surface area contributed by atoms with Gasteiger partial charge in [0.25, 0.3) is 0 Å². The van der Waals surface area contributed by atoms with Crippen LogP contribution in [0.5, 0.6) is 0 Å². The van der Waals surface area contributed by atoms with Crippen LogP contribution in [0.2, 0.25) is 0 Å². The van der Waals surface area contributed by atoms with Crippen molar-refractivity contribution in [2.75, 3.05) is 33.3 Å². The van der Waals surface area contributed by atoms with E-state index < -0.39 is 30.0 Å². The summed E-state index contributed by atoms with van der Waals surface area (Å²) in [6, 6.07) is 3.63. The van der Waals surface area contributed by atoms with Crippen molar-refractivity contribution < 1.29 is 31.8 Å². The summed E-state index contributed by atoms with van der Waals surface area (Å²) < 4.78 is 63.4. The van der Waals surface area contributed by atoms with Gasteiger partial charge in [-0.15, -0.1) is 0 Å². The van der Waals surface area contributed by atoms with Crippen LogP contribution in [0.1, 0.15) is 57.4 Å². The Morgan fingerprint density at radius 1 is 1.12 bits per heavy atom. The van der Waals surface area contributed by atoms with Crippen LogP contribution in [-0.4, -0.2) is 67.4 Å². The van der Waals surface area contributed by atoms with Crippen LogP contribution in [0.4, 0.5) is 17.6 Å². The van der Waals surface area contributed by atoms with E-state index in [0.717, 1.165) is 37.6 Å². The van der Waals surface area contributed by atoms with Crippen LogP contribution in [-0.2, 0) is 14.3 Å². The second kappa shape index (κ2) is 13.9. The van der Waals surface area contributed by atoms with Gasteiger partial charge in [-0.25, -0.2) is 8.78 Å². The van der Waals surface area contributed by atoms with E-state index in [4.69, 9.17) is 4.74 Å². The third-order valence-corrected chi connectivity index (χ3v) is 8.21. The lowest BCUT2D eigenvalue weighted by Crippen LogP contribution is -2.47. The normalized spacial score (nSPS) is 26.1. The molecule has 1 aromatic rings. The molecule has 0 unspecified atom stereocenters. The van der Waals surface area contributed by atoms with Gasteiger partial charge in [0.1, 0.15) is 11.6 Å². The van der Waals surface area contributed by atoms with Gasteiger partial charge in [-0.05, 0) is 69.4 Å². The van der Waals surface area contributed by atoms with Gasteiger partial charge in [-0.1, -0.05) is 43.1 Å². The van der Waals surface area contributed by atoms with Crippen LogP contribution in [0, 0.1) is 23.5 Å². The lowest BCUT2D eigenvalue weighted by molar-refractivity contribution is -0.258. The van der Waals surface area contributed by atoms with Crippen molar-refractivity contribution in [1.29, 1.82) is 0 Å². The van der Waals surface area contributed by atoms with Gasteiger partial charge in [0.05, 0.1) is 5.92 Å². The number of methoxy groups -OCH3 is 1. The van der Waals surface area contributed by atoms with Crippen LogP contribution in [0.15, 0.2) is 48.1 Å². The van der Waals surface area contributed by atoms with Gasteiger partial charge in [-0.3, -0.25) is 14.4 Å². The van der Waals surface area contributed by atoms with E-state index in [1.165, 1.54) is 75.7 Å². The number of likely N-dealkylation sites (tertiary alicyclic amines) is 1. The second-order valence-electron chi connectivity index (χ2n) is 11.2. The molecule has 2 aliphatic carbocycles. The zero-order valence-corrected chi connectivity index (χ0v) is 23.3. The Morgan fingerprint density at radius 3 is 2.50 bits per heavy atom. The fourth-order valence-electron chi connectivity index (χ4n) is 6.13. The van der Waals surface area contributed by atoms with E-state index in [1.807, 2.05) is 6.92 Å². The molecule has 1 aromatic carbocycles. The predicted octanol–water partition coefficient (Wildman–Crippen LogP) is 6.57. The molecule has 1 saturated heterocycles. The quantitative estimate of drug-likeness (QED) is 0.173. The van der Waals surface area contributed by atoms with E-state index in [2.05, 4.69) is 9.64 Å². The van der Waals surface area contributed by atoms with Crippen molar-refractivity contribution in [2.45, 2.75) is 70.3 Å². The fraction of sp³-hybridized carbons (Fsp3) is 0.581. The van der Waals surface area contributed by atoms with Gasteiger partial charge in [0, 0.05) is 44.4 Å². The minimum absolute atomic E-state index is 0.189. The number of nitrogens with zero attached hydrogens (tertiary/aromatic N) is 2. The highest BCUT2D eigenvalue weighted by atomic mass is 19.3. The van der Waals surface area contributed by atoms with Crippen LogP contribution in [0.3, 0.4) is 0 Å². The zero-order chi connectivity index (χ0) is 28.7. The molecule has 5 nitrogen and oxygen atoms in total. The molecule has 1 saturated carbocycles. The average Bonchev–Trinajstić information content (AvgIpc) is 3.36. The largest absolute Gasteiger partial charge is 0.348 e. The maximum absolute atomic E-state index is 14.3. The zero-order valence-electron chi connectivity index (χ0n) is 23.3. The summed E-state index contributed by atoms with van der Waals surface area (Å²) in [6.45, 7) is 1.57. The lowest BCUT2D eigenvalue weighted by atomic mass is 9.89. The predicted molar refractivity (Wildman–Crippen MR) is 146 cm³/mol. The summed E-state index contributed by atoms with van der Waals surface area (Å²) in [7, 11) is 1.26. The standard InChI is InChI=1S/C31H40F4N2O3/c1-22(17-25-10-11-26(32)18-28(25)33)19-37(21-27-9-6-16-36(27)20-23-7-4-3-5-8-23)29(38)24-12-14-31(39-2,15-13-24)40-30(34)35/h10-15,17-18,23-24,27,30H,3-9,16,19-21H2,1-2H3/b22-17+/t24?,27-,31?/m0/s1. The molecule has 0 N–H and O–H groups in total. The van der Waals surface area contributed by atoms with E-state index in [1.54, 1.807) is 11.0 Å². The summed E-state index contributed by atoms with van der Waals surface area (Å²) >= 11 is 0. The Kier molecular flexibility index (Phi) is 10.6. The SMILES string of the molecule is COC1(OC(F)F)C=CC(C(=O)N(C/C(C)=C/c2ccc(F)cc2F)C[C@@H]2CCCN2CC2CCCCC2)C=C1. The number of rotatable bonds is 11. The van der Waals surface area contributed by atoms with Gasteiger partial charge in [0.15, 0.2) is 0 Å². The van der Waals surface area contributed by atoms with Crippen LogP contribution < -0.4 is 0 Å². The maximum Gasteiger partial charge on any atom is 0.348 e. The number of amides is 1. The van der Waals surface area contributed by atoms with Gasteiger partial charge >= 0.3 is 6.61 Å². The summed E-state index contributed by atoms with van der Waals surface area (Å²) in [4.78, 5) is 18.1. The Hall–Kier alpha value is -2.49. The third kappa shape index (κ3) is 8.04. The Morgan fingerprint density at radius 2 is 1.85 bits per heavy atom. The number of ether oxygens (including phenoxy) is 2. The average molecular weight is 565 g/mol. The van der Waals surface area contributed by atoms with E-state index in [9.17, 15) is 22.4 Å². The lowest BCUT2D eigenvalue weighted by Gasteiger charge is -2.35. The van der Waals surface area contributed by atoms with Crippen molar-refractivity contribution >= 4 is 12.0 Å². The first-order chi connectivity index (χ1) is 19.2.